The zero-order valence-electron chi connectivity index (χ0n) is 16.8. The van der Waals surface area contributed by atoms with Gasteiger partial charge < -0.3 is 26.4 Å². The molecule has 0 aromatic heterocycles. The Morgan fingerprint density at radius 2 is 2.00 bits per heavy atom. The van der Waals surface area contributed by atoms with Crippen molar-refractivity contribution in [3.63, 3.8) is 0 Å². The Morgan fingerprint density at radius 1 is 1.29 bits per heavy atom. The molecule has 2 amide bonds. The van der Waals surface area contributed by atoms with Crippen LogP contribution in [0.15, 0.2) is 18.2 Å². The smallest absolute Gasteiger partial charge is 0.237 e. The van der Waals surface area contributed by atoms with E-state index in [4.69, 9.17) is 5.73 Å². The Bertz CT molecular complexity index is 714. The van der Waals surface area contributed by atoms with E-state index in [1.54, 1.807) is 12.1 Å². The number of carbonyl (C=O) groups excluding carboxylic acids is 2. The Kier molecular flexibility index (Phi) is 6.57. The van der Waals surface area contributed by atoms with Gasteiger partial charge in [0.1, 0.15) is 5.75 Å². The van der Waals surface area contributed by atoms with Gasteiger partial charge in [-0.1, -0.05) is 19.9 Å². The molecule has 0 aliphatic carbocycles. The van der Waals surface area contributed by atoms with Crippen molar-refractivity contribution in [1.29, 1.82) is 0 Å². The Morgan fingerprint density at radius 3 is 2.64 bits per heavy atom. The number of aromatic hydroxyl groups is 1. The van der Waals surface area contributed by atoms with Crippen LogP contribution in [0.2, 0.25) is 0 Å². The third-order valence-corrected chi connectivity index (χ3v) is 6.05. The number of rotatable bonds is 6. The number of nitrogens with one attached hydrogen (secondary N) is 2. The molecule has 0 unspecified atom stereocenters. The summed E-state index contributed by atoms with van der Waals surface area (Å²) < 4.78 is 0. The van der Waals surface area contributed by atoms with Crippen molar-refractivity contribution in [2.45, 2.75) is 51.7 Å². The van der Waals surface area contributed by atoms with Crippen LogP contribution < -0.4 is 16.4 Å². The second-order valence-corrected chi connectivity index (χ2v) is 8.43. The number of primary amides is 1. The molecule has 2 aliphatic heterocycles. The van der Waals surface area contributed by atoms with E-state index in [1.165, 1.54) is 0 Å². The maximum Gasteiger partial charge on any atom is 0.237 e. The number of hydrogen-bond acceptors (Lipinski definition) is 5. The molecule has 28 heavy (non-hydrogen) atoms. The van der Waals surface area contributed by atoms with E-state index in [-0.39, 0.29) is 35.6 Å². The van der Waals surface area contributed by atoms with Crippen LogP contribution in [0.1, 0.15) is 37.8 Å². The first-order valence-electron chi connectivity index (χ1n) is 10.2. The van der Waals surface area contributed by atoms with E-state index < -0.39 is 0 Å². The lowest BCUT2D eigenvalue weighted by Crippen LogP contribution is -2.55. The zero-order valence-corrected chi connectivity index (χ0v) is 16.8. The third-order valence-electron chi connectivity index (χ3n) is 6.05. The summed E-state index contributed by atoms with van der Waals surface area (Å²) in [5, 5.41) is 16.1. The van der Waals surface area contributed by atoms with Gasteiger partial charge in [0.25, 0.3) is 0 Å². The molecule has 0 bridgehead atoms. The highest BCUT2D eigenvalue weighted by Crippen LogP contribution is 2.22. The fraction of sp³-hybridized carbons (Fsp3) is 0.619. The summed E-state index contributed by atoms with van der Waals surface area (Å²) in [6.45, 7) is 7.28. The van der Waals surface area contributed by atoms with Crippen LogP contribution in [-0.2, 0) is 22.6 Å². The highest BCUT2D eigenvalue weighted by atomic mass is 16.3. The lowest BCUT2D eigenvalue weighted by molar-refractivity contribution is -0.124. The summed E-state index contributed by atoms with van der Waals surface area (Å²) in [7, 11) is 0. The standard InChI is InChI=1S/C21H32N4O3/c1-13(2)19(12-25-7-5-14(6-8-25)20(22)27)24-21(28)18-10-15-3-4-17(26)9-16(15)11-23-18/h3-4,9,13-14,18-19,23,26H,5-8,10-12H2,1-2H3,(H2,22,27)(H,24,28)/t18-,19-/m1/s1. The number of carbonyl (C=O) groups is 2. The molecule has 0 radical (unpaired) electrons. The summed E-state index contributed by atoms with van der Waals surface area (Å²) >= 11 is 0. The highest BCUT2D eigenvalue weighted by Gasteiger charge is 2.29. The van der Waals surface area contributed by atoms with Gasteiger partial charge in [0, 0.05) is 25.0 Å². The zero-order chi connectivity index (χ0) is 20.3. The number of benzene rings is 1. The molecule has 1 saturated heterocycles. The molecular weight excluding hydrogens is 356 g/mol. The fourth-order valence-electron chi connectivity index (χ4n) is 4.07. The number of fused-ring (bicyclic) bond motifs is 1. The molecule has 154 valence electrons. The first-order valence-corrected chi connectivity index (χ1v) is 10.2. The largest absolute Gasteiger partial charge is 0.508 e. The van der Waals surface area contributed by atoms with Gasteiger partial charge in [0.2, 0.25) is 11.8 Å². The van der Waals surface area contributed by atoms with E-state index in [2.05, 4.69) is 29.4 Å². The molecule has 1 fully saturated rings. The summed E-state index contributed by atoms with van der Waals surface area (Å²) in [5.41, 5.74) is 7.56. The maximum absolute atomic E-state index is 12.9. The number of nitrogens with zero attached hydrogens (tertiary/aromatic N) is 1. The van der Waals surface area contributed by atoms with E-state index >= 15 is 0 Å². The van der Waals surface area contributed by atoms with Crippen molar-refractivity contribution < 1.29 is 14.7 Å². The van der Waals surface area contributed by atoms with E-state index in [0.717, 1.165) is 43.6 Å². The second kappa shape index (κ2) is 8.92. The first-order chi connectivity index (χ1) is 13.3. The van der Waals surface area contributed by atoms with Gasteiger partial charge >= 0.3 is 0 Å². The minimum atomic E-state index is -0.265. The van der Waals surface area contributed by atoms with Crippen molar-refractivity contribution in [3.05, 3.63) is 29.3 Å². The summed E-state index contributed by atoms with van der Waals surface area (Å²) in [5.74, 6) is 0.359. The van der Waals surface area contributed by atoms with Gasteiger partial charge in [-0.2, -0.15) is 0 Å². The second-order valence-electron chi connectivity index (χ2n) is 8.43. The molecule has 1 aromatic rings. The van der Waals surface area contributed by atoms with Crippen LogP contribution in [0.25, 0.3) is 0 Å². The van der Waals surface area contributed by atoms with Crippen molar-refractivity contribution >= 4 is 11.8 Å². The molecule has 0 spiro atoms. The fourth-order valence-corrected chi connectivity index (χ4v) is 4.07. The van der Waals surface area contributed by atoms with Gasteiger partial charge in [0.05, 0.1) is 6.04 Å². The van der Waals surface area contributed by atoms with E-state index in [1.807, 2.05) is 6.07 Å². The monoisotopic (exact) mass is 388 g/mol. The molecule has 1 aromatic carbocycles. The normalized spacial score (nSPS) is 21.9. The summed E-state index contributed by atoms with van der Waals surface area (Å²) in [6, 6.07) is 5.11. The molecule has 0 saturated carbocycles. The number of amides is 2. The third kappa shape index (κ3) is 5.02. The molecule has 2 atom stereocenters. The molecule has 7 heteroatoms. The van der Waals surface area contributed by atoms with E-state index in [0.29, 0.717) is 18.9 Å². The van der Waals surface area contributed by atoms with Crippen molar-refractivity contribution in [1.82, 2.24) is 15.5 Å². The number of phenols is 1. The lowest BCUT2D eigenvalue weighted by Gasteiger charge is -2.35. The van der Waals surface area contributed by atoms with Crippen molar-refractivity contribution in [3.8, 4) is 5.75 Å². The number of nitrogens with two attached hydrogens (primary N) is 1. The van der Waals surface area contributed by atoms with Gasteiger partial charge in [-0.25, -0.2) is 0 Å². The van der Waals surface area contributed by atoms with Crippen LogP contribution in [0, 0.1) is 11.8 Å². The average molecular weight is 389 g/mol. The number of piperidine rings is 1. The minimum absolute atomic E-state index is 0.0180. The van der Waals surface area contributed by atoms with Crippen LogP contribution in [-0.4, -0.2) is 53.5 Å². The molecule has 7 nitrogen and oxygen atoms in total. The van der Waals surface area contributed by atoms with Gasteiger partial charge in [-0.3, -0.25) is 9.59 Å². The van der Waals surface area contributed by atoms with Crippen LogP contribution in [0.3, 0.4) is 0 Å². The number of hydrogen-bond donors (Lipinski definition) is 4. The topological polar surface area (TPSA) is 108 Å². The van der Waals surface area contributed by atoms with Crippen LogP contribution >= 0.6 is 0 Å². The summed E-state index contributed by atoms with van der Waals surface area (Å²) in [6.07, 6.45) is 2.21. The molecule has 3 rings (SSSR count). The Balaban J connectivity index is 1.55. The average Bonchev–Trinajstić information content (AvgIpc) is 2.67. The molecule has 2 aliphatic rings. The summed E-state index contributed by atoms with van der Waals surface area (Å²) in [4.78, 5) is 26.5. The number of likely N-dealkylation sites (tertiary alicyclic amines) is 1. The molecular formula is C21H32N4O3. The SMILES string of the molecule is CC(C)[C@@H](CN1CCC(C(N)=O)CC1)NC(=O)[C@H]1Cc2ccc(O)cc2CN1. The van der Waals surface area contributed by atoms with Gasteiger partial charge in [-0.15, -0.1) is 0 Å². The maximum atomic E-state index is 12.9. The predicted molar refractivity (Wildman–Crippen MR) is 108 cm³/mol. The van der Waals surface area contributed by atoms with E-state index in [9.17, 15) is 14.7 Å². The van der Waals surface area contributed by atoms with Crippen molar-refractivity contribution in [2.24, 2.45) is 17.6 Å². The van der Waals surface area contributed by atoms with Crippen LogP contribution in [0.4, 0.5) is 0 Å². The van der Waals surface area contributed by atoms with Crippen molar-refractivity contribution in [2.75, 3.05) is 19.6 Å². The first kappa shape index (κ1) is 20.6. The van der Waals surface area contributed by atoms with Gasteiger partial charge in [-0.05, 0) is 61.5 Å². The minimum Gasteiger partial charge on any atom is -0.508 e. The lowest BCUT2D eigenvalue weighted by atomic mass is 9.93. The quantitative estimate of drug-likeness (QED) is 0.575. The number of phenolic OH excluding ortho intramolecular Hbond substituents is 1. The predicted octanol–water partition coefficient (Wildman–Crippen LogP) is 0.745. The van der Waals surface area contributed by atoms with Crippen LogP contribution in [0.5, 0.6) is 5.75 Å². The van der Waals surface area contributed by atoms with Gasteiger partial charge in [0.15, 0.2) is 0 Å². The Labute approximate surface area is 166 Å². The molecule has 5 N–H and O–H groups in total. The molecule has 2 heterocycles. The Hall–Kier alpha value is -2.12. The highest BCUT2D eigenvalue weighted by molar-refractivity contribution is 5.82.